The quantitative estimate of drug-likeness (QED) is 0.751. The van der Waals surface area contributed by atoms with Crippen molar-refractivity contribution < 1.29 is 0 Å². The van der Waals surface area contributed by atoms with E-state index in [1.807, 2.05) is 25.1 Å². The number of nitriles is 1. The first-order valence-electron chi connectivity index (χ1n) is 4.59. The van der Waals surface area contributed by atoms with Crippen molar-refractivity contribution in [2.24, 2.45) is 0 Å². The minimum absolute atomic E-state index is 0.448. The van der Waals surface area contributed by atoms with Gasteiger partial charge in [-0.15, -0.1) is 22.9 Å². The summed E-state index contributed by atoms with van der Waals surface area (Å²) in [5.74, 6) is 0. The molecule has 0 spiro atoms. The van der Waals surface area contributed by atoms with E-state index in [1.54, 1.807) is 11.3 Å². The molecular formula is C11H9ClN2S. The zero-order valence-corrected chi connectivity index (χ0v) is 9.77. The molecule has 0 bridgehead atoms. The fourth-order valence-electron chi connectivity index (χ4n) is 1.46. The van der Waals surface area contributed by atoms with E-state index in [-0.39, 0.29) is 0 Å². The molecule has 1 unspecified atom stereocenters. The van der Waals surface area contributed by atoms with Gasteiger partial charge in [0, 0.05) is 6.42 Å². The molecule has 0 aliphatic heterocycles. The average Bonchev–Trinajstić information content (AvgIpc) is 2.57. The van der Waals surface area contributed by atoms with E-state index in [4.69, 9.17) is 16.9 Å². The highest BCUT2D eigenvalue weighted by Gasteiger charge is 2.06. The Labute approximate surface area is 97.1 Å². The van der Waals surface area contributed by atoms with Gasteiger partial charge in [0.15, 0.2) is 0 Å². The van der Waals surface area contributed by atoms with Gasteiger partial charge in [0.05, 0.1) is 21.3 Å². The number of benzene rings is 1. The fourth-order valence-corrected chi connectivity index (χ4v) is 2.53. The minimum atomic E-state index is -0.448. The van der Waals surface area contributed by atoms with Crippen LogP contribution in [0.3, 0.4) is 0 Å². The van der Waals surface area contributed by atoms with Gasteiger partial charge in [-0.3, -0.25) is 0 Å². The maximum atomic E-state index is 8.62. The van der Waals surface area contributed by atoms with Gasteiger partial charge >= 0.3 is 0 Å². The predicted molar refractivity (Wildman–Crippen MR) is 63.3 cm³/mol. The van der Waals surface area contributed by atoms with E-state index in [9.17, 15) is 0 Å². The van der Waals surface area contributed by atoms with Crippen LogP contribution in [0.2, 0.25) is 0 Å². The van der Waals surface area contributed by atoms with Crippen molar-refractivity contribution in [3.05, 3.63) is 28.8 Å². The van der Waals surface area contributed by atoms with E-state index >= 15 is 0 Å². The van der Waals surface area contributed by atoms with Crippen LogP contribution in [0, 0.1) is 18.3 Å². The minimum Gasteiger partial charge on any atom is -0.242 e. The number of hydrogen-bond acceptors (Lipinski definition) is 3. The van der Waals surface area contributed by atoms with E-state index in [1.165, 1.54) is 0 Å². The Balaban J connectivity index is 2.35. The van der Waals surface area contributed by atoms with Crippen LogP contribution in [0.1, 0.15) is 10.6 Å². The average molecular weight is 237 g/mol. The maximum Gasteiger partial charge on any atom is 0.124 e. The summed E-state index contributed by atoms with van der Waals surface area (Å²) in [5.41, 5.74) is 2.11. The van der Waals surface area contributed by atoms with Crippen LogP contribution in [-0.4, -0.2) is 10.4 Å². The van der Waals surface area contributed by atoms with E-state index in [2.05, 4.69) is 11.1 Å². The summed E-state index contributed by atoms with van der Waals surface area (Å²) < 4.78 is 1.16. The summed E-state index contributed by atoms with van der Waals surface area (Å²) in [7, 11) is 0. The molecule has 1 aromatic carbocycles. The molecule has 1 heterocycles. The Morgan fingerprint density at radius 3 is 3.13 bits per heavy atom. The summed E-state index contributed by atoms with van der Waals surface area (Å²) in [6.45, 7) is 1.99. The number of aryl methyl sites for hydroxylation is 1. The lowest BCUT2D eigenvalue weighted by molar-refractivity contribution is 1.02. The number of hydrogen-bond donors (Lipinski definition) is 0. The van der Waals surface area contributed by atoms with Crippen LogP contribution < -0.4 is 0 Å². The normalized spacial score (nSPS) is 12.6. The van der Waals surface area contributed by atoms with Gasteiger partial charge in [-0.05, 0) is 24.6 Å². The summed E-state index contributed by atoms with van der Waals surface area (Å²) >= 11 is 7.45. The second-order valence-electron chi connectivity index (χ2n) is 3.34. The molecule has 2 nitrogen and oxygen atoms in total. The highest BCUT2D eigenvalue weighted by atomic mass is 35.5. The highest BCUT2D eigenvalue weighted by Crippen LogP contribution is 2.23. The molecule has 0 aliphatic rings. The lowest BCUT2D eigenvalue weighted by Crippen LogP contribution is -1.98. The summed E-state index contributed by atoms with van der Waals surface area (Å²) in [5, 5.41) is 9.23. The van der Waals surface area contributed by atoms with Crippen LogP contribution in [0.5, 0.6) is 0 Å². The summed E-state index contributed by atoms with van der Waals surface area (Å²) in [6, 6.07) is 8.04. The molecule has 0 aliphatic carbocycles. The Morgan fingerprint density at radius 1 is 1.60 bits per heavy atom. The number of alkyl halides is 1. The van der Waals surface area contributed by atoms with Crippen LogP contribution >= 0.6 is 22.9 Å². The molecule has 0 N–H and O–H groups in total. The van der Waals surface area contributed by atoms with Crippen molar-refractivity contribution in [2.45, 2.75) is 18.7 Å². The van der Waals surface area contributed by atoms with Gasteiger partial charge in [0.25, 0.3) is 0 Å². The molecule has 0 radical (unpaired) electrons. The van der Waals surface area contributed by atoms with Gasteiger partial charge in [0.2, 0.25) is 0 Å². The van der Waals surface area contributed by atoms with Crippen molar-refractivity contribution in [3.63, 3.8) is 0 Å². The third-order valence-corrected chi connectivity index (χ3v) is 3.30. The third kappa shape index (κ3) is 2.28. The van der Waals surface area contributed by atoms with E-state index in [0.29, 0.717) is 6.42 Å². The van der Waals surface area contributed by atoms with Crippen molar-refractivity contribution in [3.8, 4) is 6.07 Å². The maximum absolute atomic E-state index is 8.62. The molecule has 76 valence electrons. The van der Waals surface area contributed by atoms with Gasteiger partial charge in [-0.25, -0.2) is 4.98 Å². The van der Waals surface area contributed by atoms with Crippen LogP contribution in [0.15, 0.2) is 18.2 Å². The smallest absolute Gasteiger partial charge is 0.124 e. The Kier molecular flexibility index (Phi) is 2.90. The van der Waals surface area contributed by atoms with Crippen molar-refractivity contribution in [1.82, 2.24) is 4.98 Å². The molecule has 0 saturated carbocycles. The SMILES string of the molecule is Cc1nc2ccc(CC(Cl)C#N)cc2s1. The molecular weight excluding hydrogens is 228 g/mol. The largest absolute Gasteiger partial charge is 0.242 e. The Hall–Kier alpha value is -1.11. The van der Waals surface area contributed by atoms with Crippen LogP contribution in [0.25, 0.3) is 10.2 Å². The summed E-state index contributed by atoms with van der Waals surface area (Å²) in [6.07, 6.45) is 0.588. The second-order valence-corrected chi connectivity index (χ2v) is 5.10. The fraction of sp³-hybridized carbons (Fsp3) is 0.273. The van der Waals surface area contributed by atoms with Crippen LogP contribution in [-0.2, 0) is 6.42 Å². The standard InChI is InChI=1S/C11H9ClN2S/c1-7-14-10-3-2-8(4-9(12)6-13)5-11(10)15-7/h2-3,5,9H,4H2,1H3. The molecule has 0 saturated heterocycles. The van der Waals surface area contributed by atoms with Crippen molar-refractivity contribution >= 4 is 33.2 Å². The number of nitrogens with zero attached hydrogens (tertiary/aromatic N) is 2. The lowest BCUT2D eigenvalue weighted by atomic mass is 10.1. The van der Waals surface area contributed by atoms with Crippen molar-refractivity contribution in [2.75, 3.05) is 0 Å². The first kappa shape index (κ1) is 10.4. The number of rotatable bonds is 2. The van der Waals surface area contributed by atoms with Gasteiger partial charge in [-0.2, -0.15) is 5.26 Å². The Bertz CT molecular complexity index is 527. The molecule has 1 aromatic heterocycles. The summed E-state index contributed by atoms with van der Waals surface area (Å²) in [4.78, 5) is 4.37. The number of halogens is 1. The lowest BCUT2D eigenvalue weighted by Gasteiger charge is -2.00. The molecule has 0 amide bonds. The molecule has 0 fully saturated rings. The van der Waals surface area contributed by atoms with Crippen molar-refractivity contribution in [1.29, 1.82) is 5.26 Å². The number of thiazole rings is 1. The van der Waals surface area contributed by atoms with Crippen LogP contribution in [0.4, 0.5) is 0 Å². The van der Waals surface area contributed by atoms with E-state index in [0.717, 1.165) is 20.8 Å². The predicted octanol–water partition coefficient (Wildman–Crippen LogP) is 3.28. The zero-order valence-electron chi connectivity index (χ0n) is 8.20. The van der Waals surface area contributed by atoms with Gasteiger partial charge in [-0.1, -0.05) is 6.07 Å². The molecule has 4 heteroatoms. The molecule has 1 atom stereocenters. The third-order valence-electron chi connectivity index (χ3n) is 2.11. The van der Waals surface area contributed by atoms with Gasteiger partial charge < -0.3 is 0 Å². The molecule has 15 heavy (non-hydrogen) atoms. The Morgan fingerprint density at radius 2 is 2.40 bits per heavy atom. The topological polar surface area (TPSA) is 36.7 Å². The molecule has 2 aromatic rings. The number of aromatic nitrogens is 1. The van der Waals surface area contributed by atoms with E-state index < -0.39 is 5.38 Å². The highest BCUT2D eigenvalue weighted by molar-refractivity contribution is 7.18. The van der Waals surface area contributed by atoms with Gasteiger partial charge in [0.1, 0.15) is 5.38 Å². The zero-order chi connectivity index (χ0) is 10.8. The first-order valence-corrected chi connectivity index (χ1v) is 5.84. The molecule has 2 rings (SSSR count). The first-order chi connectivity index (χ1) is 7.19. The number of fused-ring (bicyclic) bond motifs is 1. The monoisotopic (exact) mass is 236 g/mol. The second kappa shape index (κ2) is 4.18.